The smallest absolute Gasteiger partial charge is 0.228 e. The normalized spacial score (nSPS) is 13.5. The van der Waals surface area contributed by atoms with Crippen LogP contribution in [0.25, 0.3) is 16.3 Å². The summed E-state index contributed by atoms with van der Waals surface area (Å²) in [5.41, 5.74) is 7.23. The van der Waals surface area contributed by atoms with E-state index in [0.29, 0.717) is 27.9 Å². The van der Waals surface area contributed by atoms with Gasteiger partial charge in [0.25, 0.3) is 0 Å². The number of anilines is 2. The maximum absolute atomic E-state index is 13.9. The Morgan fingerprint density at radius 3 is 2.64 bits per heavy atom. The number of pyridine rings is 2. The lowest BCUT2D eigenvalue weighted by Gasteiger charge is -2.11. The van der Waals surface area contributed by atoms with E-state index in [9.17, 15) is 9.18 Å². The van der Waals surface area contributed by atoms with Crippen LogP contribution in [0.4, 0.5) is 16.0 Å². The van der Waals surface area contributed by atoms with Gasteiger partial charge in [-0.15, -0.1) is 0 Å². The van der Waals surface area contributed by atoms with E-state index in [2.05, 4.69) is 28.4 Å². The zero-order chi connectivity index (χ0) is 20.8. The van der Waals surface area contributed by atoms with Crippen molar-refractivity contribution in [2.24, 2.45) is 5.92 Å². The summed E-state index contributed by atoms with van der Waals surface area (Å²) in [6, 6.07) is 5.16. The number of rotatable bonds is 5. The number of nitrogens with two attached hydrogens (primary N) is 1. The van der Waals surface area contributed by atoms with Gasteiger partial charge in [0.05, 0.1) is 11.8 Å². The molecule has 0 aromatic carbocycles. The number of carbonyl (C=O) groups is 1. The van der Waals surface area contributed by atoms with E-state index < -0.39 is 5.83 Å². The number of carbonyl (C=O) groups excluding carboxylic acids is 1. The molecule has 1 saturated carbocycles. The second-order valence-corrected chi connectivity index (χ2v) is 6.34. The van der Waals surface area contributed by atoms with E-state index in [0.717, 1.165) is 12.8 Å². The van der Waals surface area contributed by atoms with E-state index in [4.69, 9.17) is 11.0 Å². The maximum Gasteiger partial charge on any atom is 0.228 e. The number of fused-ring (bicyclic) bond motifs is 1. The van der Waals surface area contributed by atoms with Gasteiger partial charge in [0.2, 0.25) is 5.91 Å². The van der Waals surface area contributed by atoms with E-state index in [-0.39, 0.29) is 23.2 Å². The molecule has 6 nitrogen and oxygen atoms in total. The number of amides is 1. The molecule has 0 unspecified atom stereocenters. The van der Waals surface area contributed by atoms with Gasteiger partial charge in [-0.05, 0) is 42.9 Å². The fourth-order valence-electron chi connectivity index (χ4n) is 2.60. The summed E-state index contributed by atoms with van der Waals surface area (Å²) in [6.07, 6.45) is 4.91. The van der Waals surface area contributed by atoms with Crippen LogP contribution >= 0.6 is 0 Å². The van der Waals surface area contributed by atoms with Gasteiger partial charge in [0.15, 0.2) is 0 Å². The van der Waals surface area contributed by atoms with E-state index in [1.54, 1.807) is 31.3 Å². The van der Waals surface area contributed by atoms with Crippen molar-refractivity contribution in [2.45, 2.75) is 26.7 Å². The molecule has 1 amide bonds. The molecular formula is C21H22FN5O. The molecule has 0 saturated heterocycles. The van der Waals surface area contributed by atoms with Crippen LogP contribution in [-0.2, 0) is 4.79 Å². The molecule has 2 heterocycles. The van der Waals surface area contributed by atoms with Crippen LogP contribution in [-0.4, -0.2) is 15.9 Å². The van der Waals surface area contributed by atoms with Crippen LogP contribution in [0.2, 0.25) is 0 Å². The molecule has 0 radical (unpaired) electrons. The van der Waals surface area contributed by atoms with Crippen LogP contribution < -0.4 is 11.1 Å². The summed E-state index contributed by atoms with van der Waals surface area (Å²) < 4.78 is 13.9. The van der Waals surface area contributed by atoms with Crippen LogP contribution in [0.5, 0.6) is 0 Å². The Balaban J connectivity index is 0.000000878. The summed E-state index contributed by atoms with van der Waals surface area (Å²) in [7, 11) is 0. The first-order valence-electron chi connectivity index (χ1n) is 8.68. The van der Waals surface area contributed by atoms with Crippen molar-refractivity contribution < 1.29 is 9.18 Å². The van der Waals surface area contributed by atoms with E-state index in [1.165, 1.54) is 13.0 Å². The van der Waals surface area contributed by atoms with Gasteiger partial charge < -0.3 is 11.1 Å². The van der Waals surface area contributed by atoms with Crippen LogP contribution in [0, 0.1) is 17.2 Å². The SMILES string of the molecule is C=C/C(C)=C(\C(=C)F)c1cc2cc(NC(=O)C3CC3)ncc2c(N)n1.CC#N. The number of nitrogens with zero attached hydrogens (tertiary/aromatic N) is 3. The Morgan fingerprint density at radius 2 is 2.11 bits per heavy atom. The molecule has 3 rings (SSSR count). The fourth-order valence-corrected chi connectivity index (χ4v) is 2.60. The molecular weight excluding hydrogens is 357 g/mol. The van der Waals surface area contributed by atoms with Gasteiger partial charge in [-0.3, -0.25) is 4.79 Å². The summed E-state index contributed by atoms with van der Waals surface area (Å²) in [5, 5.41) is 11.4. The predicted octanol–water partition coefficient (Wildman–Crippen LogP) is 4.53. The van der Waals surface area contributed by atoms with E-state index in [1.807, 2.05) is 0 Å². The summed E-state index contributed by atoms with van der Waals surface area (Å²) in [6.45, 7) is 10.2. The molecule has 0 atom stereocenters. The van der Waals surface area contributed by atoms with E-state index >= 15 is 0 Å². The topological polar surface area (TPSA) is 105 Å². The van der Waals surface area contributed by atoms with Crippen molar-refractivity contribution in [3.05, 3.63) is 54.7 Å². The van der Waals surface area contributed by atoms with Crippen molar-refractivity contribution >= 4 is 33.9 Å². The van der Waals surface area contributed by atoms with Crippen LogP contribution in [0.15, 0.2) is 49.0 Å². The number of aromatic nitrogens is 2. The predicted molar refractivity (Wildman–Crippen MR) is 110 cm³/mol. The standard InChI is InChI=1S/C19H19FN4O.C2H3N/c1-4-10(2)17(11(3)20)15-7-13-8-16(24-19(25)12-5-6-12)22-9-14(13)18(21)23-15;1-2-3/h4,7-9,12H,1,3,5-6H2,2H3,(H2,21,23)(H,22,24,25);1H3/b17-10+;. The highest BCUT2D eigenvalue weighted by molar-refractivity contribution is 5.98. The largest absolute Gasteiger partial charge is 0.383 e. The Hall–Kier alpha value is -3.53. The number of nitriles is 1. The van der Waals surface area contributed by atoms with Crippen molar-refractivity contribution in [3.8, 4) is 6.07 Å². The zero-order valence-corrected chi connectivity index (χ0v) is 15.9. The fraction of sp³-hybridized carbons (Fsp3) is 0.238. The number of nitrogen functional groups attached to an aromatic ring is 1. The minimum atomic E-state index is -0.611. The lowest BCUT2D eigenvalue weighted by Crippen LogP contribution is -2.14. The van der Waals surface area contributed by atoms with Gasteiger partial charge in [-0.1, -0.05) is 19.2 Å². The number of hydrogen-bond acceptors (Lipinski definition) is 5. The van der Waals surface area contributed by atoms with Gasteiger partial charge >= 0.3 is 0 Å². The number of hydrogen-bond donors (Lipinski definition) is 2. The molecule has 0 bridgehead atoms. The second-order valence-electron chi connectivity index (χ2n) is 6.34. The third-order valence-corrected chi connectivity index (χ3v) is 4.17. The van der Waals surface area contributed by atoms with Crippen LogP contribution in [0.3, 0.4) is 0 Å². The average molecular weight is 379 g/mol. The summed E-state index contributed by atoms with van der Waals surface area (Å²) in [4.78, 5) is 20.4. The first-order valence-corrected chi connectivity index (χ1v) is 8.68. The molecule has 3 N–H and O–H groups in total. The molecule has 1 aliphatic rings. The monoisotopic (exact) mass is 379 g/mol. The molecule has 7 heteroatoms. The molecule has 2 aromatic heterocycles. The second kappa shape index (κ2) is 8.91. The van der Waals surface area contributed by atoms with Gasteiger partial charge in [0, 0.05) is 30.0 Å². The first-order chi connectivity index (χ1) is 13.3. The third-order valence-electron chi connectivity index (χ3n) is 4.17. The zero-order valence-electron chi connectivity index (χ0n) is 15.9. The highest BCUT2D eigenvalue weighted by Gasteiger charge is 2.29. The minimum Gasteiger partial charge on any atom is -0.383 e. The quantitative estimate of drug-likeness (QED) is 0.743. The van der Waals surface area contributed by atoms with Gasteiger partial charge in [-0.2, -0.15) is 5.26 Å². The molecule has 2 aromatic rings. The first kappa shape index (κ1) is 20.8. The Bertz CT molecular complexity index is 1020. The maximum atomic E-state index is 13.9. The van der Waals surface area contributed by atoms with Crippen molar-refractivity contribution in [3.63, 3.8) is 0 Å². The minimum absolute atomic E-state index is 0.0330. The van der Waals surface area contributed by atoms with Crippen LogP contribution in [0.1, 0.15) is 32.4 Å². The Morgan fingerprint density at radius 1 is 1.46 bits per heavy atom. The lowest BCUT2D eigenvalue weighted by molar-refractivity contribution is -0.117. The van der Waals surface area contributed by atoms with Crippen molar-refractivity contribution in [1.82, 2.24) is 9.97 Å². The molecule has 1 fully saturated rings. The average Bonchev–Trinajstić information content (AvgIpc) is 3.47. The summed E-state index contributed by atoms with van der Waals surface area (Å²) >= 11 is 0. The van der Waals surface area contributed by atoms with Crippen molar-refractivity contribution in [1.29, 1.82) is 5.26 Å². The highest BCUT2D eigenvalue weighted by Crippen LogP contribution is 2.32. The number of nitrogens with one attached hydrogen (secondary N) is 1. The molecule has 1 aliphatic carbocycles. The molecule has 144 valence electrons. The Labute approximate surface area is 163 Å². The Kier molecular flexibility index (Phi) is 6.61. The summed E-state index contributed by atoms with van der Waals surface area (Å²) in [5.74, 6) is 0.103. The van der Waals surface area contributed by atoms with Crippen molar-refractivity contribution in [2.75, 3.05) is 11.1 Å². The third kappa shape index (κ3) is 4.80. The molecule has 0 aliphatic heterocycles. The van der Waals surface area contributed by atoms with Gasteiger partial charge in [-0.25, -0.2) is 14.4 Å². The van der Waals surface area contributed by atoms with Gasteiger partial charge in [0.1, 0.15) is 17.5 Å². The number of halogens is 1. The molecule has 0 spiro atoms. The molecule has 28 heavy (non-hydrogen) atoms. The lowest BCUT2D eigenvalue weighted by atomic mass is 10.0. The highest BCUT2D eigenvalue weighted by atomic mass is 19.1. The number of allylic oxidation sites excluding steroid dienone is 4.